The van der Waals surface area contributed by atoms with Crippen LogP contribution in [-0.4, -0.2) is 26.9 Å². The summed E-state index contributed by atoms with van der Waals surface area (Å²) in [5, 5.41) is 2.14. The number of carbonyl (C=O) groups excluding carboxylic acids is 1. The number of amides is 1. The van der Waals surface area contributed by atoms with Crippen LogP contribution in [0.3, 0.4) is 0 Å². The van der Waals surface area contributed by atoms with Crippen LogP contribution >= 0.6 is 11.6 Å². The van der Waals surface area contributed by atoms with Gasteiger partial charge in [0.05, 0.1) is 5.02 Å². The molecule has 0 saturated carbocycles. The topological polar surface area (TPSA) is 101 Å². The van der Waals surface area contributed by atoms with E-state index in [1.165, 1.54) is 0 Å². The van der Waals surface area contributed by atoms with Crippen LogP contribution in [0.2, 0.25) is 5.02 Å². The van der Waals surface area contributed by atoms with E-state index in [-0.39, 0.29) is 5.69 Å². The molecule has 110 valence electrons. The number of piperidine rings is 1. The summed E-state index contributed by atoms with van der Waals surface area (Å²) in [6, 6.07) is 1.15. The number of nitrogens with one attached hydrogen (secondary N) is 2. The lowest BCUT2D eigenvalue weighted by Crippen LogP contribution is -2.50. The van der Waals surface area contributed by atoms with E-state index in [1.54, 1.807) is 0 Å². The lowest BCUT2D eigenvalue weighted by Gasteiger charge is -2.22. The molecule has 1 aromatic rings. The predicted octanol–water partition coefficient (Wildman–Crippen LogP) is 0.618. The zero-order chi connectivity index (χ0) is 14.9. The van der Waals surface area contributed by atoms with Crippen LogP contribution in [0.25, 0.3) is 0 Å². The summed E-state index contributed by atoms with van der Waals surface area (Å²) in [6.07, 6.45) is 0.988. The van der Waals surface area contributed by atoms with E-state index in [4.69, 9.17) is 17.3 Å². The third-order valence-corrected chi connectivity index (χ3v) is 4.64. The fourth-order valence-corrected chi connectivity index (χ4v) is 3.56. The zero-order valence-electron chi connectivity index (χ0n) is 10.3. The Kier molecular flexibility index (Phi) is 4.17. The molecule has 1 aliphatic rings. The van der Waals surface area contributed by atoms with Crippen LogP contribution in [-0.2, 0) is 14.8 Å². The largest absolute Gasteiger partial charge is 0.399 e. The van der Waals surface area contributed by atoms with Gasteiger partial charge in [-0.15, -0.1) is 0 Å². The van der Waals surface area contributed by atoms with Crippen molar-refractivity contribution >= 4 is 33.2 Å². The zero-order valence-corrected chi connectivity index (χ0v) is 11.9. The van der Waals surface area contributed by atoms with Gasteiger partial charge in [-0.05, 0) is 25.0 Å². The number of halogens is 2. The summed E-state index contributed by atoms with van der Waals surface area (Å²) in [4.78, 5) is 10.9. The Bertz CT molecular complexity index is 651. The average molecular weight is 322 g/mol. The van der Waals surface area contributed by atoms with Gasteiger partial charge in [-0.2, -0.15) is 4.72 Å². The van der Waals surface area contributed by atoms with Crippen molar-refractivity contribution in [1.82, 2.24) is 10.0 Å². The number of nitrogens with two attached hydrogens (primary N) is 1. The molecule has 6 nitrogen and oxygen atoms in total. The number of carbonyl (C=O) groups is 1. The molecule has 0 radical (unpaired) electrons. The van der Waals surface area contributed by atoms with Crippen molar-refractivity contribution in [2.75, 3.05) is 12.3 Å². The first-order valence-corrected chi connectivity index (χ1v) is 7.72. The van der Waals surface area contributed by atoms with Crippen LogP contribution < -0.4 is 15.8 Å². The van der Waals surface area contributed by atoms with Crippen molar-refractivity contribution < 1.29 is 17.6 Å². The average Bonchev–Trinajstić information content (AvgIpc) is 2.36. The molecule has 4 N–H and O–H groups in total. The molecule has 1 atom stereocenters. The molecule has 0 aromatic heterocycles. The third kappa shape index (κ3) is 3.02. The van der Waals surface area contributed by atoms with Gasteiger partial charge in [-0.1, -0.05) is 11.6 Å². The maximum absolute atomic E-state index is 13.8. The standard InChI is InChI=1S/C11H13ClFN3O3S/c12-7-4-6(14)5-9(10(7)13)20(18,19)16-8-2-1-3-15-11(8)17/h4-5,8,16H,1-3,14H2,(H,15,17). The molecule has 0 bridgehead atoms. The second kappa shape index (κ2) is 5.55. The molecule has 1 heterocycles. The number of sulfonamides is 1. The molecule has 1 amide bonds. The molecule has 1 fully saturated rings. The smallest absolute Gasteiger partial charge is 0.244 e. The molecule has 1 aromatic carbocycles. The lowest BCUT2D eigenvalue weighted by atomic mass is 10.1. The Balaban J connectivity index is 2.33. The van der Waals surface area contributed by atoms with Crippen LogP contribution in [0, 0.1) is 5.82 Å². The van der Waals surface area contributed by atoms with Crippen molar-refractivity contribution in [2.24, 2.45) is 0 Å². The number of rotatable bonds is 3. The number of anilines is 1. The maximum atomic E-state index is 13.8. The fraction of sp³-hybridized carbons (Fsp3) is 0.364. The van der Waals surface area contributed by atoms with Gasteiger partial charge in [-0.25, -0.2) is 12.8 Å². The summed E-state index contributed by atoms with van der Waals surface area (Å²) in [5.41, 5.74) is 5.48. The Morgan fingerprint density at radius 2 is 2.15 bits per heavy atom. The van der Waals surface area contributed by atoms with Crippen molar-refractivity contribution in [2.45, 2.75) is 23.8 Å². The Morgan fingerprint density at radius 3 is 2.80 bits per heavy atom. The Labute approximate surface area is 120 Å². The molecule has 1 aliphatic heterocycles. The van der Waals surface area contributed by atoms with E-state index in [0.29, 0.717) is 19.4 Å². The third-order valence-electron chi connectivity index (χ3n) is 2.89. The van der Waals surface area contributed by atoms with E-state index < -0.39 is 37.7 Å². The van der Waals surface area contributed by atoms with Gasteiger partial charge in [0, 0.05) is 12.2 Å². The minimum Gasteiger partial charge on any atom is -0.399 e. The van der Waals surface area contributed by atoms with Crippen LogP contribution in [0.4, 0.5) is 10.1 Å². The number of hydrogen-bond donors (Lipinski definition) is 3. The molecule has 1 unspecified atom stereocenters. The van der Waals surface area contributed by atoms with Crippen LogP contribution in [0.5, 0.6) is 0 Å². The summed E-state index contributed by atoms with van der Waals surface area (Å²) >= 11 is 5.57. The van der Waals surface area contributed by atoms with Gasteiger partial charge < -0.3 is 11.1 Å². The van der Waals surface area contributed by atoms with Crippen LogP contribution in [0.15, 0.2) is 17.0 Å². The van der Waals surface area contributed by atoms with Gasteiger partial charge in [0.15, 0.2) is 5.82 Å². The van der Waals surface area contributed by atoms with Crippen molar-refractivity contribution in [3.63, 3.8) is 0 Å². The highest BCUT2D eigenvalue weighted by atomic mass is 35.5. The first-order chi connectivity index (χ1) is 9.31. The first-order valence-electron chi connectivity index (χ1n) is 5.86. The number of benzene rings is 1. The maximum Gasteiger partial charge on any atom is 0.244 e. The SMILES string of the molecule is Nc1cc(Cl)c(F)c(S(=O)(=O)NC2CCCNC2=O)c1. The normalized spacial score (nSPS) is 19.7. The first kappa shape index (κ1) is 15.0. The van der Waals surface area contributed by atoms with Gasteiger partial charge in [0.1, 0.15) is 10.9 Å². The van der Waals surface area contributed by atoms with E-state index >= 15 is 0 Å². The molecule has 2 rings (SSSR count). The quantitative estimate of drug-likeness (QED) is 0.710. The predicted molar refractivity (Wildman–Crippen MR) is 72.2 cm³/mol. The van der Waals surface area contributed by atoms with E-state index in [2.05, 4.69) is 10.0 Å². The minimum absolute atomic E-state index is 0.0184. The van der Waals surface area contributed by atoms with E-state index in [0.717, 1.165) is 12.1 Å². The number of hydrogen-bond acceptors (Lipinski definition) is 4. The summed E-state index contributed by atoms with van der Waals surface area (Å²) in [5.74, 6) is -1.53. The summed E-state index contributed by atoms with van der Waals surface area (Å²) < 4.78 is 40.2. The number of nitrogen functional groups attached to an aromatic ring is 1. The Hall–Kier alpha value is -1.38. The molecular weight excluding hydrogens is 309 g/mol. The second-order valence-electron chi connectivity index (χ2n) is 4.42. The van der Waals surface area contributed by atoms with Gasteiger partial charge >= 0.3 is 0 Å². The summed E-state index contributed by atoms with van der Waals surface area (Å²) in [6.45, 7) is 0.496. The molecule has 20 heavy (non-hydrogen) atoms. The fourth-order valence-electron chi connectivity index (χ4n) is 1.91. The summed E-state index contributed by atoms with van der Waals surface area (Å²) in [7, 11) is -4.22. The second-order valence-corrected chi connectivity index (χ2v) is 6.51. The van der Waals surface area contributed by atoms with Gasteiger partial charge in [-0.3, -0.25) is 4.79 Å². The molecule has 1 saturated heterocycles. The molecule has 9 heteroatoms. The van der Waals surface area contributed by atoms with Gasteiger partial charge in [0.2, 0.25) is 15.9 Å². The van der Waals surface area contributed by atoms with Crippen molar-refractivity contribution in [3.05, 3.63) is 23.0 Å². The molecular formula is C11H13ClFN3O3S. The van der Waals surface area contributed by atoms with Crippen molar-refractivity contribution in [3.8, 4) is 0 Å². The highest BCUT2D eigenvalue weighted by Crippen LogP contribution is 2.26. The molecule has 0 spiro atoms. The molecule has 0 aliphatic carbocycles. The van der Waals surface area contributed by atoms with E-state index in [9.17, 15) is 17.6 Å². The lowest BCUT2D eigenvalue weighted by molar-refractivity contribution is -0.124. The van der Waals surface area contributed by atoms with Crippen molar-refractivity contribution in [1.29, 1.82) is 0 Å². The van der Waals surface area contributed by atoms with E-state index in [1.807, 2.05) is 0 Å². The van der Waals surface area contributed by atoms with Crippen LogP contribution in [0.1, 0.15) is 12.8 Å². The minimum atomic E-state index is -4.22. The highest BCUT2D eigenvalue weighted by Gasteiger charge is 2.30. The highest BCUT2D eigenvalue weighted by molar-refractivity contribution is 7.89. The monoisotopic (exact) mass is 321 g/mol. The Morgan fingerprint density at radius 1 is 1.45 bits per heavy atom. The van der Waals surface area contributed by atoms with Gasteiger partial charge in [0.25, 0.3) is 0 Å².